The van der Waals surface area contributed by atoms with Gasteiger partial charge in [-0.25, -0.2) is 14.1 Å². The van der Waals surface area contributed by atoms with Crippen molar-refractivity contribution >= 4 is 44.0 Å². The fourth-order valence-electron chi connectivity index (χ4n) is 1.36. The van der Waals surface area contributed by atoms with Crippen molar-refractivity contribution in [2.75, 3.05) is 5.73 Å². The Morgan fingerprint density at radius 3 is 2.72 bits per heavy atom. The molecule has 4 nitrogen and oxygen atoms in total. The molecule has 7 heteroatoms. The first-order valence-electron chi connectivity index (χ1n) is 4.97. The molecule has 0 saturated heterocycles. The van der Waals surface area contributed by atoms with Crippen LogP contribution in [0.4, 0.5) is 10.3 Å². The molecule has 2 aromatic rings. The first-order valence-corrected chi connectivity index (χ1v) is 6.56. The highest BCUT2D eigenvalue weighted by atomic mass is 79.9. The Bertz CT molecular complexity index is 622. The molecule has 18 heavy (non-hydrogen) atoms. The number of halogens is 3. The summed E-state index contributed by atoms with van der Waals surface area (Å²) in [6.45, 7) is 1.83. The van der Waals surface area contributed by atoms with Crippen molar-refractivity contribution in [1.82, 2.24) is 9.66 Å². The number of rotatable bonds is 2. The van der Waals surface area contributed by atoms with Crippen LogP contribution in [0.25, 0.3) is 0 Å². The molecule has 0 atom stereocenters. The van der Waals surface area contributed by atoms with Crippen molar-refractivity contribution in [3.8, 4) is 0 Å². The van der Waals surface area contributed by atoms with E-state index in [2.05, 4.69) is 41.9 Å². The minimum Gasteiger partial charge on any atom is -0.368 e. The Labute approximate surface area is 120 Å². The van der Waals surface area contributed by atoms with Crippen molar-refractivity contribution in [3.63, 3.8) is 0 Å². The Hall–Kier alpha value is -1.21. The first-order chi connectivity index (χ1) is 8.47. The Morgan fingerprint density at radius 1 is 1.39 bits per heavy atom. The number of benzene rings is 1. The van der Waals surface area contributed by atoms with Crippen LogP contribution in [0.5, 0.6) is 0 Å². The molecule has 0 amide bonds. The number of nitrogens with zero attached hydrogens (tertiary/aromatic N) is 3. The van der Waals surface area contributed by atoms with Crippen LogP contribution in [0, 0.1) is 12.7 Å². The summed E-state index contributed by atoms with van der Waals surface area (Å²) in [6.07, 6.45) is 3.28. The number of hydrogen-bond acceptors (Lipinski definition) is 3. The third-order valence-corrected chi connectivity index (χ3v) is 3.49. The van der Waals surface area contributed by atoms with Crippen LogP contribution in [0.15, 0.2) is 32.4 Å². The summed E-state index contributed by atoms with van der Waals surface area (Å²) in [5.41, 5.74) is 7.17. The van der Waals surface area contributed by atoms with Gasteiger partial charge in [0, 0.05) is 10.0 Å². The third kappa shape index (κ3) is 2.78. The van der Waals surface area contributed by atoms with Crippen LogP contribution in [-0.4, -0.2) is 15.9 Å². The van der Waals surface area contributed by atoms with Crippen molar-refractivity contribution in [2.45, 2.75) is 6.92 Å². The van der Waals surface area contributed by atoms with E-state index in [0.29, 0.717) is 14.9 Å². The van der Waals surface area contributed by atoms with Gasteiger partial charge in [-0.15, -0.1) is 0 Å². The molecule has 1 aromatic carbocycles. The lowest BCUT2D eigenvalue weighted by Crippen LogP contribution is -1.97. The number of imidazole rings is 1. The van der Waals surface area contributed by atoms with Gasteiger partial charge in [-0.3, -0.25) is 0 Å². The fraction of sp³-hybridized carbons (Fsp3) is 0.0909. The van der Waals surface area contributed by atoms with E-state index in [0.717, 1.165) is 11.3 Å². The molecular formula is C11H9Br2FN4. The number of hydrogen-bond donors (Lipinski definition) is 1. The highest BCUT2D eigenvalue weighted by molar-refractivity contribution is 9.11. The molecule has 0 spiro atoms. The molecule has 0 aliphatic carbocycles. The maximum absolute atomic E-state index is 13.2. The molecule has 0 bridgehead atoms. The van der Waals surface area contributed by atoms with Crippen LogP contribution >= 0.6 is 31.9 Å². The third-order valence-electron chi connectivity index (χ3n) is 2.20. The maximum atomic E-state index is 13.2. The highest BCUT2D eigenvalue weighted by Crippen LogP contribution is 2.23. The normalized spacial score (nSPS) is 11.3. The highest BCUT2D eigenvalue weighted by Gasteiger charge is 2.05. The van der Waals surface area contributed by atoms with Crippen molar-refractivity contribution < 1.29 is 4.39 Å². The quantitative estimate of drug-likeness (QED) is 0.646. The summed E-state index contributed by atoms with van der Waals surface area (Å²) < 4.78 is 15.7. The summed E-state index contributed by atoms with van der Waals surface area (Å²) in [6, 6.07) is 3.00. The summed E-state index contributed by atoms with van der Waals surface area (Å²) in [5.74, 6) is -0.0296. The average molecular weight is 376 g/mol. The van der Waals surface area contributed by atoms with E-state index >= 15 is 0 Å². The molecule has 1 heterocycles. The van der Waals surface area contributed by atoms with Gasteiger partial charge in [0.05, 0.1) is 22.6 Å². The van der Waals surface area contributed by atoms with Gasteiger partial charge in [0.2, 0.25) is 5.95 Å². The van der Waals surface area contributed by atoms with Crippen LogP contribution < -0.4 is 5.73 Å². The summed E-state index contributed by atoms with van der Waals surface area (Å²) in [4.78, 5) is 4.02. The van der Waals surface area contributed by atoms with E-state index in [4.69, 9.17) is 5.73 Å². The predicted molar refractivity (Wildman–Crippen MR) is 76.2 cm³/mol. The number of aryl methyl sites for hydroxylation is 1. The molecule has 0 aliphatic rings. The SMILES string of the molecule is Cc1cn(N=Cc2cc(Br)c(F)cc2Br)c(N)n1. The molecule has 0 aliphatic heterocycles. The van der Waals surface area contributed by atoms with Gasteiger partial charge >= 0.3 is 0 Å². The van der Waals surface area contributed by atoms with Gasteiger partial charge in [-0.2, -0.15) is 5.10 Å². The molecule has 0 unspecified atom stereocenters. The average Bonchev–Trinajstić information content (AvgIpc) is 2.61. The summed E-state index contributed by atoms with van der Waals surface area (Å²) in [5, 5.41) is 4.16. The van der Waals surface area contributed by atoms with Crippen molar-refractivity contribution in [2.24, 2.45) is 5.10 Å². The first kappa shape index (κ1) is 13.2. The maximum Gasteiger partial charge on any atom is 0.221 e. The monoisotopic (exact) mass is 374 g/mol. The second-order valence-corrected chi connectivity index (χ2v) is 5.33. The van der Waals surface area contributed by atoms with Crippen molar-refractivity contribution in [1.29, 1.82) is 0 Å². The number of nitrogen functional groups attached to an aromatic ring is 1. The topological polar surface area (TPSA) is 56.2 Å². The lowest BCUT2D eigenvalue weighted by atomic mass is 10.2. The smallest absolute Gasteiger partial charge is 0.221 e. The Balaban J connectivity index is 2.34. The van der Waals surface area contributed by atoms with E-state index in [1.165, 1.54) is 10.7 Å². The molecule has 1 aromatic heterocycles. The predicted octanol–water partition coefficient (Wildman–Crippen LogP) is 3.32. The lowest BCUT2D eigenvalue weighted by molar-refractivity contribution is 0.620. The minimum absolute atomic E-state index is 0.307. The summed E-state index contributed by atoms with van der Waals surface area (Å²) in [7, 11) is 0. The standard InChI is InChI=1S/C11H9Br2FN4/c1-6-5-18(11(15)17-6)16-4-7-2-9(13)10(14)3-8(7)12/h2-5H,1H3,(H2,15,17). The van der Waals surface area contributed by atoms with Crippen LogP contribution in [-0.2, 0) is 0 Å². The molecule has 0 fully saturated rings. The number of nitrogens with two attached hydrogens (primary N) is 1. The van der Waals surface area contributed by atoms with Gasteiger partial charge in [-0.05, 0) is 35.0 Å². The molecule has 2 rings (SSSR count). The molecular weight excluding hydrogens is 367 g/mol. The van der Waals surface area contributed by atoms with Crippen LogP contribution in [0.3, 0.4) is 0 Å². The van der Waals surface area contributed by atoms with Gasteiger partial charge < -0.3 is 5.73 Å². The zero-order valence-electron chi connectivity index (χ0n) is 9.36. The Kier molecular flexibility index (Phi) is 3.82. The fourth-order valence-corrected chi connectivity index (χ4v) is 2.14. The summed E-state index contributed by atoms with van der Waals surface area (Å²) >= 11 is 6.39. The molecule has 0 radical (unpaired) electrons. The number of anilines is 1. The van der Waals surface area contributed by atoms with E-state index in [1.807, 2.05) is 6.92 Å². The van der Waals surface area contributed by atoms with Gasteiger partial charge in [0.25, 0.3) is 0 Å². The van der Waals surface area contributed by atoms with E-state index in [9.17, 15) is 4.39 Å². The molecule has 0 saturated carbocycles. The second-order valence-electron chi connectivity index (χ2n) is 3.62. The van der Waals surface area contributed by atoms with E-state index in [-0.39, 0.29) is 5.82 Å². The largest absolute Gasteiger partial charge is 0.368 e. The van der Waals surface area contributed by atoms with E-state index < -0.39 is 0 Å². The van der Waals surface area contributed by atoms with Crippen molar-refractivity contribution in [3.05, 3.63) is 44.3 Å². The van der Waals surface area contributed by atoms with Gasteiger partial charge in [-0.1, -0.05) is 15.9 Å². The Morgan fingerprint density at radius 2 is 2.11 bits per heavy atom. The van der Waals surface area contributed by atoms with Crippen LogP contribution in [0.1, 0.15) is 11.3 Å². The zero-order valence-corrected chi connectivity index (χ0v) is 12.5. The zero-order chi connectivity index (χ0) is 13.3. The minimum atomic E-state index is -0.336. The molecule has 2 N–H and O–H groups in total. The number of aromatic nitrogens is 2. The van der Waals surface area contributed by atoms with E-state index in [1.54, 1.807) is 18.5 Å². The van der Waals surface area contributed by atoms with Crippen LogP contribution in [0.2, 0.25) is 0 Å². The lowest BCUT2D eigenvalue weighted by Gasteiger charge is -2.01. The molecule has 94 valence electrons. The second kappa shape index (κ2) is 5.19. The van der Waals surface area contributed by atoms with Gasteiger partial charge in [0.1, 0.15) is 5.82 Å². The van der Waals surface area contributed by atoms with Gasteiger partial charge in [0.15, 0.2) is 0 Å².